The van der Waals surface area contributed by atoms with E-state index >= 15 is 0 Å². The lowest BCUT2D eigenvalue weighted by Crippen LogP contribution is -2.39. The summed E-state index contributed by atoms with van der Waals surface area (Å²) in [5.74, 6) is 1.40. The van der Waals surface area contributed by atoms with Crippen LogP contribution in [-0.2, 0) is 6.54 Å². The molecule has 1 heterocycles. The minimum absolute atomic E-state index is 0.554. The van der Waals surface area contributed by atoms with Gasteiger partial charge in [-0.05, 0) is 24.7 Å². The second-order valence-corrected chi connectivity index (χ2v) is 4.54. The highest BCUT2D eigenvalue weighted by Crippen LogP contribution is 2.42. The Morgan fingerprint density at radius 1 is 1.47 bits per heavy atom. The zero-order valence-electron chi connectivity index (χ0n) is 9.55. The van der Waals surface area contributed by atoms with E-state index in [0.29, 0.717) is 11.3 Å². The molecule has 0 bridgehead atoms. The molecule has 84 valence electrons. The summed E-state index contributed by atoms with van der Waals surface area (Å²) >= 11 is 0. The fourth-order valence-electron chi connectivity index (χ4n) is 2.18. The molecule has 15 heavy (non-hydrogen) atoms. The Morgan fingerprint density at radius 3 is 2.73 bits per heavy atom. The molecule has 1 fully saturated rings. The van der Waals surface area contributed by atoms with Crippen molar-refractivity contribution in [1.82, 2.24) is 15.5 Å². The van der Waals surface area contributed by atoms with Crippen LogP contribution in [0, 0.1) is 12.3 Å². The van der Waals surface area contributed by atoms with Crippen molar-refractivity contribution < 1.29 is 4.52 Å². The minimum Gasteiger partial charge on any atom is -0.340 e. The number of nitrogens with one attached hydrogen (secondary N) is 1. The SMILES string of the molecule is CCC1(CNCc2noc(C)n2)CCC1. The first-order chi connectivity index (χ1) is 7.24. The Bertz CT molecular complexity index is 312. The highest BCUT2D eigenvalue weighted by molar-refractivity contribution is 4.90. The van der Waals surface area contributed by atoms with Gasteiger partial charge in [0.05, 0.1) is 6.54 Å². The average molecular weight is 209 g/mol. The second kappa shape index (κ2) is 4.31. The van der Waals surface area contributed by atoms with Gasteiger partial charge in [0.2, 0.25) is 5.89 Å². The number of rotatable bonds is 5. The van der Waals surface area contributed by atoms with Crippen molar-refractivity contribution in [2.45, 2.75) is 46.1 Å². The van der Waals surface area contributed by atoms with E-state index in [4.69, 9.17) is 4.52 Å². The van der Waals surface area contributed by atoms with Gasteiger partial charge in [0.25, 0.3) is 0 Å². The predicted molar refractivity (Wildman–Crippen MR) is 57.3 cm³/mol. The van der Waals surface area contributed by atoms with Gasteiger partial charge in [-0.15, -0.1) is 0 Å². The summed E-state index contributed by atoms with van der Waals surface area (Å²) in [6, 6.07) is 0. The maximum absolute atomic E-state index is 4.91. The van der Waals surface area contributed by atoms with E-state index < -0.39 is 0 Å². The van der Waals surface area contributed by atoms with Crippen LogP contribution in [0.15, 0.2) is 4.52 Å². The average Bonchev–Trinajstić information content (AvgIpc) is 2.56. The van der Waals surface area contributed by atoms with Gasteiger partial charge in [0.1, 0.15) is 0 Å². The summed E-state index contributed by atoms with van der Waals surface area (Å²) in [7, 11) is 0. The molecule has 2 rings (SSSR count). The second-order valence-electron chi connectivity index (χ2n) is 4.54. The lowest BCUT2D eigenvalue weighted by atomic mass is 9.67. The van der Waals surface area contributed by atoms with E-state index in [2.05, 4.69) is 22.4 Å². The largest absolute Gasteiger partial charge is 0.340 e. The quantitative estimate of drug-likeness (QED) is 0.806. The van der Waals surface area contributed by atoms with Crippen molar-refractivity contribution >= 4 is 0 Å². The van der Waals surface area contributed by atoms with Crippen LogP contribution < -0.4 is 5.32 Å². The third-order valence-electron chi connectivity index (χ3n) is 3.52. The van der Waals surface area contributed by atoms with Crippen molar-refractivity contribution in [3.63, 3.8) is 0 Å². The number of aryl methyl sites for hydroxylation is 1. The lowest BCUT2D eigenvalue weighted by Gasteiger charge is -2.41. The third-order valence-corrected chi connectivity index (χ3v) is 3.52. The summed E-state index contributed by atoms with van der Waals surface area (Å²) in [5.41, 5.74) is 0.554. The van der Waals surface area contributed by atoms with Gasteiger partial charge in [-0.1, -0.05) is 18.5 Å². The van der Waals surface area contributed by atoms with E-state index in [1.807, 2.05) is 6.92 Å². The fraction of sp³-hybridized carbons (Fsp3) is 0.818. The molecule has 1 aliphatic carbocycles. The van der Waals surface area contributed by atoms with Gasteiger partial charge < -0.3 is 9.84 Å². The molecule has 0 aromatic carbocycles. The molecule has 1 aliphatic rings. The third kappa shape index (κ3) is 2.37. The van der Waals surface area contributed by atoms with Crippen LogP contribution in [0.1, 0.15) is 44.3 Å². The summed E-state index contributed by atoms with van der Waals surface area (Å²) in [5, 5.41) is 7.28. The van der Waals surface area contributed by atoms with Crippen LogP contribution in [0.25, 0.3) is 0 Å². The Kier molecular flexibility index (Phi) is 3.05. The number of aromatic nitrogens is 2. The topological polar surface area (TPSA) is 51.0 Å². The van der Waals surface area contributed by atoms with E-state index in [1.165, 1.54) is 25.7 Å². The fourth-order valence-corrected chi connectivity index (χ4v) is 2.18. The molecule has 1 aromatic rings. The summed E-state index contributed by atoms with van der Waals surface area (Å²) < 4.78 is 4.91. The molecule has 0 radical (unpaired) electrons. The Morgan fingerprint density at radius 2 is 2.27 bits per heavy atom. The van der Waals surface area contributed by atoms with E-state index in [1.54, 1.807) is 0 Å². The Labute approximate surface area is 90.4 Å². The molecule has 1 aromatic heterocycles. The molecular weight excluding hydrogens is 190 g/mol. The maximum atomic E-state index is 4.91. The molecule has 0 spiro atoms. The van der Waals surface area contributed by atoms with Gasteiger partial charge in [-0.25, -0.2) is 0 Å². The monoisotopic (exact) mass is 209 g/mol. The smallest absolute Gasteiger partial charge is 0.223 e. The molecule has 0 unspecified atom stereocenters. The van der Waals surface area contributed by atoms with Crippen LogP contribution in [0.3, 0.4) is 0 Å². The van der Waals surface area contributed by atoms with Gasteiger partial charge in [-0.3, -0.25) is 0 Å². The maximum Gasteiger partial charge on any atom is 0.223 e. The van der Waals surface area contributed by atoms with Gasteiger partial charge in [0.15, 0.2) is 5.82 Å². The molecule has 1 saturated carbocycles. The first-order valence-electron chi connectivity index (χ1n) is 5.74. The molecule has 0 aliphatic heterocycles. The molecule has 1 N–H and O–H groups in total. The number of hydrogen-bond donors (Lipinski definition) is 1. The van der Waals surface area contributed by atoms with Crippen LogP contribution in [0.5, 0.6) is 0 Å². The van der Waals surface area contributed by atoms with Crippen LogP contribution >= 0.6 is 0 Å². The first kappa shape index (κ1) is 10.6. The zero-order valence-corrected chi connectivity index (χ0v) is 9.55. The van der Waals surface area contributed by atoms with E-state index in [-0.39, 0.29) is 0 Å². The van der Waals surface area contributed by atoms with Crippen molar-refractivity contribution in [1.29, 1.82) is 0 Å². The summed E-state index contributed by atoms with van der Waals surface area (Å²) in [6.07, 6.45) is 5.38. The highest BCUT2D eigenvalue weighted by atomic mass is 16.5. The Balaban J connectivity index is 1.74. The van der Waals surface area contributed by atoms with Gasteiger partial charge in [-0.2, -0.15) is 4.98 Å². The van der Waals surface area contributed by atoms with Crippen LogP contribution in [-0.4, -0.2) is 16.7 Å². The van der Waals surface area contributed by atoms with Gasteiger partial charge in [0, 0.05) is 13.5 Å². The van der Waals surface area contributed by atoms with E-state index in [9.17, 15) is 0 Å². The molecular formula is C11H19N3O. The zero-order chi connectivity index (χ0) is 10.7. The first-order valence-corrected chi connectivity index (χ1v) is 5.74. The van der Waals surface area contributed by atoms with Gasteiger partial charge >= 0.3 is 0 Å². The summed E-state index contributed by atoms with van der Waals surface area (Å²) in [6.45, 7) is 5.89. The summed E-state index contributed by atoms with van der Waals surface area (Å²) in [4.78, 5) is 4.16. The molecule has 0 saturated heterocycles. The van der Waals surface area contributed by atoms with Crippen molar-refractivity contribution in [3.05, 3.63) is 11.7 Å². The standard InChI is InChI=1S/C11H19N3O/c1-3-11(5-4-6-11)8-12-7-10-13-9(2)15-14-10/h12H,3-8H2,1-2H3. The van der Waals surface area contributed by atoms with Crippen LogP contribution in [0.2, 0.25) is 0 Å². The van der Waals surface area contributed by atoms with Crippen molar-refractivity contribution in [2.24, 2.45) is 5.41 Å². The molecule has 0 amide bonds. The molecule has 4 heteroatoms. The highest BCUT2D eigenvalue weighted by Gasteiger charge is 2.34. The van der Waals surface area contributed by atoms with Crippen molar-refractivity contribution in [3.8, 4) is 0 Å². The minimum atomic E-state index is 0.554. The predicted octanol–water partition coefficient (Wildman–Crippen LogP) is 2.05. The normalized spacial score (nSPS) is 18.8. The molecule has 0 atom stereocenters. The number of hydrogen-bond acceptors (Lipinski definition) is 4. The lowest BCUT2D eigenvalue weighted by molar-refractivity contribution is 0.123. The van der Waals surface area contributed by atoms with Crippen molar-refractivity contribution in [2.75, 3.05) is 6.54 Å². The molecule has 4 nitrogen and oxygen atoms in total. The van der Waals surface area contributed by atoms with E-state index in [0.717, 1.165) is 18.9 Å². The number of nitrogens with zero attached hydrogens (tertiary/aromatic N) is 2. The van der Waals surface area contributed by atoms with Crippen LogP contribution in [0.4, 0.5) is 0 Å². The Hall–Kier alpha value is -0.900.